The number of methoxy groups -OCH3 is 1. The molecule has 1 aliphatic rings. The molecule has 0 amide bonds. The van der Waals surface area contributed by atoms with Gasteiger partial charge in [0.1, 0.15) is 6.04 Å². The van der Waals surface area contributed by atoms with Crippen molar-refractivity contribution in [3.05, 3.63) is 35.9 Å². The van der Waals surface area contributed by atoms with E-state index >= 15 is 0 Å². The lowest BCUT2D eigenvalue weighted by Gasteiger charge is -2.31. The SMILES string of the molecule is CCC1CCN(C(C)c2ccccc2)C1C(=O)OC. The quantitative estimate of drug-likeness (QED) is 0.780. The van der Waals surface area contributed by atoms with Gasteiger partial charge in [-0.25, -0.2) is 0 Å². The van der Waals surface area contributed by atoms with Gasteiger partial charge in [-0.05, 0) is 31.4 Å². The molecule has 1 saturated heterocycles. The molecular weight excluding hydrogens is 238 g/mol. The summed E-state index contributed by atoms with van der Waals surface area (Å²) in [6.45, 7) is 5.29. The van der Waals surface area contributed by atoms with E-state index in [9.17, 15) is 4.79 Å². The van der Waals surface area contributed by atoms with Gasteiger partial charge in [-0.1, -0.05) is 43.7 Å². The van der Waals surface area contributed by atoms with Gasteiger partial charge >= 0.3 is 5.97 Å². The first kappa shape index (κ1) is 14.1. The van der Waals surface area contributed by atoms with E-state index in [0.717, 1.165) is 19.4 Å². The maximum absolute atomic E-state index is 12.1. The summed E-state index contributed by atoms with van der Waals surface area (Å²) in [7, 11) is 1.48. The topological polar surface area (TPSA) is 29.5 Å². The van der Waals surface area contributed by atoms with Crippen LogP contribution in [0.15, 0.2) is 30.3 Å². The summed E-state index contributed by atoms with van der Waals surface area (Å²) in [6.07, 6.45) is 2.10. The van der Waals surface area contributed by atoms with E-state index in [-0.39, 0.29) is 18.1 Å². The van der Waals surface area contributed by atoms with Crippen molar-refractivity contribution in [3.8, 4) is 0 Å². The minimum Gasteiger partial charge on any atom is -0.468 e. The highest BCUT2D eigenvalue weighted by Gasteiger charge is 2.41. The lowest BCUT2D eigenvalue weighted by Crippen LogP contribution is -2.41. The van der Waals surface area contributed by atoms with E-state index in [0.29, 0.717) is 5.92 Å². The van der Waals surface area contributed by atoms with Gasteiger partial charge in [0.2, 0.25) is 0 Å². The molecule has 0 aliphatic carbocycles. The number of rotatable bonds is 4. The second kappa shape index (κ2) is 6.20. The first-order valence-corrected chi connectivity index (χ1v) is 7.07. The zero-order chi connectivity index (χ0) is 13.8. The summed E-state index contributed by atoms with van der Waals surface area (Å²) in [4.78, 5) is 14.4. The van der Waals surface area contributed by atoms with Crippen LogP contribution in [-0.4, -0.2) is 30.6 Å². The Morgan fingerprint density at radius 1 is 1.42 bits per heavy atom. The predicted octanol–water partition coefficient (Wildman–Crippen LogP) is 3.02. The molecule has 1 heterocycles. The summed E-state index contributed by atoms with van der Waals surface area (Å²) >= 11 is 0. The van der Waals surface area contributed by atoms with Gasteiger partial charge in [0.15, 0.2) is 0 Å². The summed E-state index contributed by atoms with van der Waals surface area (Å²) in [5, 5.41) is 0. The molecule has 3 heteroatoms. The first-order chi connectivity index (χ1) is 9.19. The highest BCUT2D eigenvalue weighted by Crippen LogP contribution is 2.34. The Hall–Kier alpha value is -1.35. The largest absolute Gasteiger partial charge is 0.468 e. The minimum atomic E-state index is -0.0924. The van der Waals surface area contributed by atoms with Crippen molar-refractivity contribution >= 4 is 5.97 Å². The number of ether oxygens (including phenoxy) is 1. The number of carbonyl (C=O) groups is 1. The van der Waals surface area contributed by atoms with Crippen LogP contribution < -0.4 is 0 Å². The van der Waals surface area contributed by atoms with Gasteiger partial charge in [-0.2, -0.15) is 0 Å². The van der Waals surface area contributed by atoms with Crippen LogP contribution in [-0.2, 0) is 9.53 Å². The van der Waals surface area contributed by atoms with Gasteiger partial charge in [-0.3, -0.25) is 9.69 Å². The number of nitrogens with zero attached hydrogens (tertiary/aromatic N) is 1. The smallest absolute Gasteiger partial charge is 0.323 e. The Morgan fingerprint density at radius 2 is 2.11 bits per heavy atom. The molecule has 0 N–H and O–H groups in total. The lowest BCUT2D eigenvalue weighted by molar-refractivity contribution is -0.148. The van der Waals surface area contributed by atoms with E-state index in [1.165, 1.54) is 12.7 Å². The van der Waals surface area contributed by atoms with E-state index in [2.05, 4.69) is 30.9 Å². The molecule has 3 nitrogen and oxygen atoms in total. The van der Waals surface area contributed by atoms with Crippen molar-refractivity contribution in [2.45, 2.75) is 38.8 Å². The molecule has 3 atom stereocenters. The summed E-state index contributed by atoms with van der Waals surface area (Å²) in [6, 6.07) is 10.5. The van der Waals surface area contributed by atoms with Crippen molar-refractivity contribution in [1.82, 2.24) is 4.90 Å². The van der Waals surface area contributed by atoms with E-state index in [1.54, 1.807) is 0 Å². The number of benzene rings is 1. The second-order valence-corrected chi connectivity index (χ2v) is 5.25. The van der Waals surface area contributed by atoms with Gasteiger partial charge in [0, 0.05) is 6.04 Å². The van der Waals surface area contributed by atoms with Crippen LogP contribution in [0.4, 0.5) is 0 Å². The molecule has 1 fully saturated rings. The normalized spacial score (nSPS) is 25.2. The maximum atomic E-state index is 12.1. The highest BCUT2D eigenvalue weighted by molar-refractivity contribution is 5.76. The van der Waals surface area contributed by atoms with Crippen LogP contribution in [0.5, 0.6) is 0 Å². The molecule has 2 rings (SSSR count). The zero-order valence-electron chi connectivity index (χ0n) is 12.0. The van der Waals surface area contributed by atoms with Crippen LogP contribution in [0.3, 0.4) is 0 Å². The van der Waals surface area contributed by atoms with Gasteiger partial charge in [0.05, 0.1) is 7.11 Å². The number of carbonyl (C=O) groups excluding carboxylic acids is 1. The van der Waals surface area contributed by atoms with Crippen molar-refractivity contribution in [3.63, 3.8) is 0 Å². The number of hydrogen-bond donors (Lipinski definition) is 0. The van der Waals surface area contributed by atoms with E-state index < -0.39 is 0 Å². The molecule has 3 unspecified atom stereocenters. The number of hydrogen-bond acceptors (Lipinski definition) is 3. The Balaban J connectivity index is 2.20. The standard InChI is InChI=1S/C16H23NO2/c1-4-13-10-11-17(15(13)16(18)19-3)12(2)14-8-6-5-7-9-14/h5-9,12-13,15H,4,10-11H2,1-3H3. The minimum absolute atomic E-state index is 0.0906. The highest BCUT2D eigenvalue weighted by atomic mass is 16.5. The van der Waals surface area contributed by atoms with Crippen LogP contribution >= 0.6 is 0 Å². The Labute approximate surface area is 115 Å². The molecule has 104 valence electrons. The molecule has 1 aliphatic heterocycles. The molecule has 19 heavy (non-hydrogen) atoms. The number of likely N-dealkylation sites (tertiary alicyclic amines) is 1. The molecule has 0 aromatic heterocycles. The van der Waals surface area contributed by atoms with Crippen molar-refractivity contribution in [1.29, 1.82) is 0 Å². The summed E-state index contributed by atoms with van der Waals surface area (Å²) in [5.41, 5.74) is 1.26. The number of esters is 1. The second-order valence-electron chi connectivity index (χ2n) is 5.25. The average Bonchev–Trinajstić information content (AvgIpc) is 2.90. The lowest BCUT2D eigenvalue weighted by atomic mass is 9.96. The van der Waals surface area contributed by atoms with Crippen LogP contribution in [0.25, 0.3) is 0 Å². The van der Waals surface area contributed by atoms with Gasteiger partial charge < -0.3 is 4.74 Å². The third-order valence-electron chi connectivity index (χ3n) is 4.31. The molecule has 0 spiro atoms. The average molecular weight is 261 g/mol. The fourth-order valence-corrected chi connectivity index (χ4v) is 3.12. The summed E-state index contributed by atoms with van der Waals surface area (Å²) < 4.78 is 5.00. The molecule has 1 aromatic carbocycles. The van der Waals surface area contributed by atoms with Crippen LogP contribution in [0.2, 0.25) is 0 Å². The van der Waals surface area contributed by atoms with Crippen molar-refractivity contribution in [2.75, 3.05) is 13.7 Å². The molecular formula is C16H23NO2. The van der Waals surface area contributed by atoms with Crippen LogP contribution in [0, 0.1) is 5.92 Å². The Morgan fingerprint density at radius 3 is 2.68 bits per heavy atom. The fraction of sp³-hybridized carbons (Fsp3) is 0.562. The molecule has 1 aromatic rings. The third-order valence-corrected chi connectivity index (χ3v) is 4.31. The summed E-state index contributed by atoms with van der Waals surface area (Å²) in [5.74, 6) is 0.325. The zero-order valence-corrected chi connectivity index (χ0v) is 12.0. The Kier molecular flexibility index (Phi) is 4.59. The third kappa shape index (κ3) is 2.81. The molecule has 0 saturated carbocycles. The van der Waals surface area contributed by atoms with E-state index in [1.807, 2.05) is 18.2 Å². The van der Waals surface area contributed by atoms with Gasteiger partial charge in [-0.15, -0.1) is 0 Å². The Bertz CT molecular complexity index is 418. The molecule has 0 radical (unpaired) electrons. The predicted molar refractivity (Wildman–Crippen MR) is 75.8 cm³/mol. The fourth-order valence-electron chi connectivity index (χ4n) is 3.12. The molecule has 0 bridgehead atoms. The maximum Gasteiger partial charge on any atom is 0.323 e. The monoisotopic (exact) mass is 261 g/mol. The first-order valence-electron chi connectivity index (χ1n) is 7.07. The van der Waals surface area contributed by atoms with Crippen molar-refractivity contribution in [2.24, 2.45) is 5.92 Å². The van der Waals surface area contributed by atoms with Crippen molar-refractivity contribution < 1.29 is 9.53 Å². The van der Waals surface area contributed by atoms with Gasteiger partial charge in [0.25, 0.3) is 0 Å². The van der Waals surface area contributed by atoms with E-state index in [4.69, 9.17) is 4.74 Å². The van der Waals surface area contributed by atoms with Crippen LogP contribution in [0.1, 0.15) is 38.3 Å².